The Balaban J connectivity index is 1.60. The fourth-order valence-electron chi connectivity index (χ4n) is 5.77. The molecule has 5 rings (SSSR count). The van der Waals surface area contributed by atoms with Crippen LogP contribution in [0.25, 0.3) is 0 Å². The number of fused-ring (bicyclic) bond motifs is 2. The molecule has 0 radical (unpaired) electrons. The van der Waals surface area contributed by atoms with Crippen molar-refractivity contribution in [3.05, 3.63) is 35.4 Å². The van der Waals surface area contributed by atoms with E-state index in [9.17, 15) is 4.79 Å². The average Bonchev–Trinajstić information content (AvgIpc) is 2.62. The van der Waals surface area contributed by atoms with Gasteiger partial charge >= 0.3 is 5.97 Å². The number of nitrogens with zero attached hydrogens (tertiary/aromatic N) is 1. The SMILES string of the molecule is CCC(=O)OC(CC)C1CC2C3CC1N(C)C2Cc1ccccc13. The third-order valence-corrected chi connectivity index (χ3v) is 6.93. The second-order valence-electron chi connectivity index (χ2n) is 7.90. The van der Waals surface area contributed by atoms with Crippen molar-refractivity contribution in [1.29, 1.82) is 0 Å². The van der Waals surface area contributed by atoms with E-state index in [1.807, 2.05) is 6.92 Å². The first-order chi connectivity index (χ1) is 11.6. The second-order valence-corrected chi connectivity index (χ2v) is 7.90. The average molecular weight is 327 g/mol. The zero-order valence-corrected chi connectivity index (χ0v) is 15.1. The van der Waals surface area contributed by atoms with Gasteiger partial charge in [0.25, 0.3) is 0 Å². The van der Waals surface area contributed by atoms with Gasteiger partial charge < -0.3 is 4.74 Å². The number of ether oxygens (including phenoxy) is 1. The van der Waals surface area contributed by atoms with Crippen molar-refractivity contribution in [3.8, 4) is 0 Å². The molecule has 3 nitrogen and oxygen atoms in total. The molecule has 1 saturated carbocycles. The van der Waals surface area contributed by atoms with Gasteiger partial charge in [0, 0.05) is 24.4 Å². The maximum atomic E-state index is 11.8. The fraction of sp³-hybridized carbons (Fsp3) is 0.667. The lowest BCUT2D eigenvalue weighted by Crippen LogP contribution is -2.64. The van der Waals surface area contributed by atoms with E-state index in [1.165, 1.54) is 19.3 Å². The number of benzene rings is 1. The number of esters is 1. The molecule has 130 valence electrons. The predicted molar refractivity (Wildman–Crippen MR) is 94.9 cm³/mol. The van der Waals surface area contributed by atoms with Gasteiger partial charge in [-0.3, -0.25) is 9.69 Å². The highest BCUT2D eigenvalue weighted by Gasteiger charge is 2.54. The summed E-state index contributed by atoms with van der Waals surface area (Å²) in [6.07, 6.45) is 5.12. The van der Waals surface area contributed by atoms with E-state index in [1.54, 1.807) is 11.1 Å². The minimum Gasteiger partial charge on any atom is -0.462 e. The molecule has 0 spiro atoms. The lowest BCUT2D eigenvalue weighted by atomic mass is 9.56. The number of piperidine rings is 2. The molecule has 0 aromatic heterocycles. The minimum absolute atomic E-state index is 0.0449. The molecule has 3 heteroatoms. The molecule has 4 bridgehead atoms. The molecule has 2 saturated heterocycles. The van der Waals surface area contributed by atoms with Gasteiger partial charge in [-0.15, -0.1) is 0 Å². The third-order valence-electron chi connectivity index (χ3n) is 6.93. The van der Waals surface area contributed by atoms with Gasteiger partial charge in [0.05, 0.1) is 0 Å². The lowest BCUT2D eigenvalue weighted by Gasteiger charge is -2.60. The van der Waals surface area contributed by atoms with E-state index in [0.717, 1.165) is 6.42 Å². The summed E-state index contributed by atoms with van der Waals surface area (Å²) in [6, 6.07) is 10.3. The standard InChI is InChI=1S/C21H29NO2/c1-4-20(24-21(23)5-2)17-11-16-15-12-19(17)22(3)18(16)10-13-8-6-7-9-14(13)15/h6-9,15-20H,4-5,10-12H2,1-3H3. The summed E-state index contributed by atoms with van der Waals surface area (Å²) in [5, 5.41) is 0. The van der Waals surface area contributed by atoms with E-state index in [4.69, 9.17) is 4.74 Å². The van der Waals surface area contributed by atoms with Crippen LogP contribution in [-0.4, -0.2) is 36.1 Å². The van der Waals surface area contributed by atoms with Gasteiger partial charge in [-0.2, -0.15) is 0 Å². The normalized spacial score (nSPS) is 35.4. The number of hydrogen-bond donors (Lipinski definition) is 0. The van der Waals surface area contributed by atoms with Crippen LogP contribution in [0, 0.1) is 11.8 Å². The molecule has 3 fully saturated rings. The van der Waals surface area contributed by atoms with Crippen molar-refractivity contribution in [2.45, 2.75) is 70.1 Å². The fourth-order valence-corrected chi connectivity index (χ4v) is 5.77. The Morgan fingerprint density at radius 3 is 2.79 bits per heavy atom. The first kappa shape index (κ1) is 16.1. The summed E-state index contributed by atoms with van der Waals surface area (Å²) in [5.41, 5.74) is 3.14. The zero-order chi connectivity index (χ0) is 16.8. The number of carbonyl (C=O) groups excluding carboxylic acids is 1. The van der Waals surface area contributed by atoms with Crippen molar-refractivity contribution in [1.82, 2.24) is 4.90 Å². The number of likely N-dealkylation sites (N-methyl/N-ethyl adjacent to an activating group) is 1. The number of rotatable bonds is 4. The Bertz CT molecular complexity index is 628. The minimum atomic E-state index is -0.0449. The third kappa shape index (κ3) is 2.40. The van der Waals surface area contributed by atoms with Crippen molar-refractivity contribution in [3.63, 3.8) is 0 Å². The number of hydrogen-bond acceptors (Lipinski definition) is 3. The van der Waals surface area contributed by atoms with Crippen LogP contribution < -0.4 is 0 Å². The Labute approximate surface area is 145 Å². The van der Waals surface area contributed by atoms with Crippen LogP contribution in [0.3, 0.4) is 0 Å². The molecule has 24 heavy (non-hydrogen) atoms. The van der Waals surface area contributed by atoms with E-state index in [0.29, 0.717) is 36.3 Å². The van der Waals surface area contributed by atoms with Crippen molar-refractivity contribution < 1.29 is 9.53 Å². The number of carbonyl (C=O) groups is 1. The maximum absolute atomic E-state index is 11.8. The summed E-state index contributed by atoms with van der Waals surface area (Å²) in [4.78, 5) is 14.5. The Kier molecular flexibility index (Phi) is 4.16. The maximum Gasteiger partial charge on any atom is 0.305 e. The molecule has 0 N–H and O–H groups in total. The van der Waals surface area contributed by atoms with Crippen LogP contribution in [0.15, 0.2) is 24.3 Å². The molecule has 4 aliphatic rings. The summed E-state index contributed by atoms with van der Waals surface area (Å²) < 4.78 is 5.82. The molecule has 0 amide bonds. The van der Waals surface area contributed by atoms with E-state index < -0.39 is 0 Å². The highest BCUT2D eigenvalue weighted by molar-refractivity contribution is 5.69. The monoisotopic (exact) mass is 327 g/mol. The summed E-state index contributed by atoms with van der Waals surface area (Å²) >= 11 is 0. The second kappa shape index (κ2) is 6.18. The Hall–Kier alpha value is -1.35. The van der Waals surface area contributed by atoms with Crippen LogP contribution in [-0.2, 0) is 16.0 Å². The van der Waals surface area contributed by atoms with Crippen LogP contribution in [0.1, 0.15) is 56.6 Å². The quantitative estimate of drug-likeness (QED) is 0.789. The first-order valence-corrected chi connectivity index (χ1v) is 9.63. The zero-order valence-electron chi connectivity index (χ0n) is 15.1. The van der Waals surface area contributed by atoms with Crippen molar-refractivity contribution in [2.24, 2.45) is 11.8 Å². The van der Waals surface area contributed by atoms with Gasteiger partial charge in [-0.05, 0) is 55.7 Å². The largest absolute Gasteiger partial charge is 0.462 e. The molecule has 2 heterocycles. The van der Waals surface area contributed by atoms with Crippen molar-refractivity contribution in [2.75, 3.05) is 7.05 Å². The van der Waals surface area contributed by atoms with Crippen LogP contribution >= 0.6 is 0 Å². The van der Waals surface area contributed by atoms with Crippen LogP contribution in [0.4, 0.5) is 0 Å². The highest BCUT2D eigenvalue weighted by atomic mass is 16.5. The molecule has 6 unspecified atom stereocenters. The van der Waals surface area contributed by atoms with Crippen molar-refractivity contribution >= 4 is 5.97 Å². The predicted octanol–water partition coefficient (Wildman–Crippen LogP) is 3.77. The van der Waals surface area contributed by atoms with Gasteiger partial charge in [0.2, 0.25) is 0 Å². The molecule has 1 aromatic carbocycles. The van der Waals surface area contributed by atoms with Gasteiger partial charge in [0.15, 0.2) is 0 Å². The smallest absolute Gasteiger partial charge is 0.305 e. The van der Waals surface area contributed by atoms with Gasteiger partial charge in [-0.1, -0.05) is 38.1 Å². The summed E-state index contributed by atoms with van der Waals surface area (Å²) in [5.74, 6) is 1.88. The summed E-state index contributed by atoms with van der Waals surface area (Å²) in [6.45, 7) is 4.04. The lowest BCUT2D eigenvalue weighted by molar-refractivity contribution is -0.160. The Morgan fingerprint density at radius 1 is 1.25 bits per heavy atom. The van der Waals surface area contributed by atoms with Crippen LogP contribution in [0.5, 0.6) is 0 Å². The van der Waals surface area contributed by atoms with Gasteiger partial charge in [0.1, 0.15) is 6.10 Å². The van der Waals surface area contributed by atoms with Crippen LogP contribution in [0.2, 0.25) is 0 Å². The molecular formula is C21H29NO2. The molecule has 2 aliphatic heterocycles. The van der Waals surface area contributed by atoms with E-state index in [2.05, 4.69) is 43.1 Å². The van der Waals surface area contributed by atoms with E-state index in [-0.39, 0.29) is 12.1 Å². The topological polar surface area (TPSA) is 29.5 Å². The molecule has 6 atom stereocenters. The van der Waals surface area contributed by atoms with E-state index >= 15 is 0 Å². The first-order valence-electron chi connectivity index (χ1n) is 9.63. The Morgan fingerprint density at radius 2 is 2.04 bits per heavy atom. The summed E-state index contributed by atoms with van der Waals surface area (Å²) in [7, 11) is 2.30. The molecule has 1 aromatic rings. The molecular weight excluding hydrogens is 298 g/mol. The highest BCUT2D eigenvalue weighted by Crippen LogP contribution is 2.55. The molecule has 2 aliphatic carbocycles. The van der Waals surface area contributed by atoms with Gasteiger partial charge in [-0.25, -0.2) is 0 Å².